The summed E-state index contributed by atoms with van der Waals surface area (Å²) in [6.45, 7) is 4.44. The molecule has 0 N–H and O–H groups in total. The second kappa shape index (κ2) is 10.6. The maximum Gasteiger partial charge on any atom is 0.349 e. The molecular formula is C31H28N2O4. The number of rotatable bonds is 7. The smallest absolute Gasteiger partial charge is 0.349 e. The van der Waals surface area contributed by atoms with Gasteiger partial charge in [0.15, 0.2) is 5.76 Å². The van der Waals surface area contributed by atoms with Crippen LogP contribution in [-0.2, 0) is 9.47 Å². The summed E-state index contributed by atoms with van der Waals surface area (Å²) in [7, 11) is 0. The monoisotopic (exact) mass is 492 g/mol. The lowest BCUT2D eigenvalue weighted by atomic mass is 9.95. The van der Waals surface area contributed by atoms with Crippen LogP contribution in [0.2, 0.25) is 0 Å². The normalized spacial score (nSPS) is 15.4. The number of allylic oxidation sites excluding steroid dienone is 4. The van der Waals surface area contributed by atoms with Crippen LogP contribution in [0.3, 0.4) is 0 Å². The fourth-order valence-corrected chi connectivity index (χ4v) is 4.66. The molecule has 6 nitrogen and oxygen atoms in total. The molecule has 2 aromatic carbocycles. The predicted molar refractivity (Wildman–Crippen MR) is 145 cm³/mol. The van der Waals surface area contributed by atoms with Crippen LogP contribution in [0.1, 0.15) is 44.2 Å². The van der Waals surface area contributed by atoms with Crippen LogP contribution < -0.4 is 10.4 Å². The Morgan fingerprint density at radius 1 is 1.16 bits per heavy atom. The number of aromatic nitrogens is 2. The molecule has 1 aliphatic carbocycles. The Kier molecular flexibility index (Phi) is 6.96. The summed E-state index contributed by atoms with van der Waals surface area (Å²) in [5, 5.41) is 0.774. The van der Waals surface area contributed by atoms with Crippen LogP contribution in [0.15, 0.2) is 95.6 Å². The predicted octanol–water partition coefficient (Wildman–Crippen LogP) is 6.38. The zero-order valence-corrected chi connectivity index (χ0v) is 20.9. The van der Waals surface area contributed by atoms with E-state index < -0.39 is 6.04 Å². The first kappa shape index (κ1) is 24.2. The summed E-state index contributed by atoms with van der Waals surface area (Å²) in [5.41, 5.74) is 4.00. The molecule has 3 aromatic rings. The number of nitrogens with zero attached hydrogens (tertiary/aromatic N) is 2. The summed E-state index contributed by atoms with van der Waals surface area (Å²) in [5.74, 6) is 4.01. The number of ether oxygens (including phenoxy) is 3. The number of benzene rings is 2. The van der Waals surface area contributed by atoms with Gasteiger partial charge in [0.25, 0.3) is 0 Å². The van der Waals surface area contributed by atoms with Gasteiger partial charge in [-0.3, -0.25) is 4.57 Å². The molecule has 0 saturated heterocycles. The van der Waals surface area contributed by atoms with Gasteiger partial charge in [-0.2, -0.15) is 4.98 Å². The lowest BCUT2D eigenvalue weighted by Crippen LogP contribution is -2.31. The van der Waals surface area contributed by atoms with Crippen LogP contribution in [0, 0.1) is 12.3 Å². The van der Waals surface area contributed by atoms with E-state index in [0.29, 0.717) is 28.6 Å². The van der Waals surface area contributed by atoms with Crippen LogP contribution in [0.4, 0.5) is 0 Å². The van der Waals surface area contributed by atoms with Gasteiger partial charge in [-0.15, -0.1) is 6.42 Å². The van der Waals surface area contributed by atoms with E-state index in [0.717, 1.165) is 29.4 Å². The molecular weight excluding hydrogens is 464 g/mol. The number of hydrogen-bond donors (Lipinski definition) is 0. The van der Waals surface area contributed by atoms with Gasteiger partial charge < -0.3 is 14.2 Å². The van der Waals surface area contributed by atoms with Crippen LogP contribution >= 0.6 is 0 Å². The van der Waals surface area contributed by atoms with Crippen molar-refractivity contribution in [3.8, 4) is 29.4 Å². The number of terminal acetylenes is 1. The highest BCUT2D eigenvalue weighted by molar-refractivity contribution is 5.93. The van der Waals surface area contributed by atoms with E-state index in [1.54, 1.807) is 4.57 Å². The van der Waals surface area contributed by atoms with Gasteiger partial charge in [0, 0.05) is 10.9 Å². The third-order valence-corrected chi connectivity index (χ3v) is 6.52. The SMILES string of the molecule is C#CCOc1ccc2c(c1)c(-c1ccc(C(C)C)cc1)nc(=O)n2C(C1=CC=CCC1)C1=COC=CO1. The lowest BCUT2D eigenvalue weighted by Gasteiger charge is -2.27. The van der Waals surface area contributed by atoms with Crippen molar-refractivity contribution >= 4 is 10.9 Å². The zero-order valence-electron chi connectivity index (χ0n) is 20.9. The first-order valence-electron chi connectivity index (χ1n) is 12.3. The first-order valence-corrected chi connectivity index (χ1v) is 12.3. The van der Waals surface area contributed by atoms with Crippen LogP contribution in [0.25, 0.3) is 22.2 Å². The second-order valence-electron chi connectivity index (χ2n) is 9.22. The first-order chi connectivity index (χ1) is 18.1. The van der Waals surface area contributed by atoms with Crippen molar-refractivity contribution in [2.45, 2.75) is 38.6 Å². The third-order valence-electron chi connectivity index (χ3n) is 6.52. The molecule has 1 aromatic heterocycles. The summed E-state index contributed by atoms with van der Waals surface area (Å²) in [6.07, 6.45) is 17.7. The summed E-state index contributed by atoms with van der Waals surface area (Å²) in [6, 6.07) is 13.2. The van der Waals surface area contributed by atoms with Crippen molar-refractivity contribution in [1.29, 1.82) is 0 Å². The van der Waals surface area contributed by atoms with Crippen molar-refractivity contribution in [2.24, 2.45) is 0 Å². The Morgan fingerprint density at radius 2 is 2.00 bits per heavy atom. The second-order valence-corrected chi connectivity index (χ2v) is 9.22. The highest BCUT2D eigenvalue weighted by Crippen LogP contribution is 2.37. The summed E-state index contributed by atoms with van der Waals surface area (Å²) >= 11 is 0. The minimum Gasteiger partial charge on any atom is -0.481 e. The zero-order chi connectivity index (χ0) is 25.8. The van der Waals surface area contributed by atoms with Crippen molar-refractivity contribution < 1.29 is 14.2 Å². The molecule has 0 radical (unpaired) electrons. The van der Waals surface area contributed by atoms with Crippen molar-refractivity contribution in [2.75, 3.05) is 6.61 Å². The summed E-state index contributed by atoms with van der Waals surface area (Å²) < 4.78 is 18.7. The highest BCUT2D eigenvalue weighted by atomic mass is 16.5. The lowest BCUT2D eigenvalue weighted by molar-refractivity contribution is 0.227. The Labute approximate surface area is 216 Å². The van der Waals surface area contributed by atoms with Gasteiger partial charge in [-0.1, -0.05) is 62.3 Å². The molecule has 1 unspecified atom stereocenters. The van der Waals surface area contributed by atoms with Gasteiger partial charge in [-0.05, 0) is 48.1 Å². The van der Waals surface area contributed by atoms with Gasteiger partial charge in [0.1, 0.15) is 37.2 Å². The average Bonchev–Trinajstić information content (AvgIpc) is 2.94. The van der Waals surface area contributed by atoms with E-state index >= 15 is 0 Å². The van der Waals surface area contributed by atoms with E-state index in [4.69, 9.17) is 20.6 Å². The van der Waals surface area contributed by atoms with Crippen LogP contribution in [-0.4, -0.2) is 16.2 Å². The average molecular weight is 493 g/mol. The molecule has 0 saturated carbocycles. The van der Waals surface area contributed by atoms with E-state index in [-0.39, 0.29) is 12.3 Å². The Morgan fingerprint density at radius 3 is 2.68 bits per heavy atom. The van der Waals surface area contributed by atoms with E-state index in [1.165, 1.54) is 24.3 Å². The molecule has 0 bridgehead atoms. The van der Waals surface area contributed by atoms with Crippen molar-refractivity contribution in [3.05, 3.63) is 107 Å². The molecule has 0 fully saturated rings. The molecule has 0 amide bonds. The topological polar surface area (TPSA) is 62.6 Å². The van der Waals surface area contributed by atoms with E-state index in [9.17, 15) is 4.79 Å². The molecule has 0 spiro atoms. The minimum atomic E-state index is -0.521. The van der Waals surface area contributed by atoms with Gasteiger partial charge in [-0.25, -0.2) is 4.79 Å². The molecule has 2 aliphatic rings. The maximum absolute atomic E-state index is 13.8. The Balaban J connectivity index is 1.75. The molecule has 5 rings (SSSR count). The molecule has 2 heterocycles. The third kappa shape index (κ3) is 4.94. The molecule has 37 heavy (non-hydrogen) atoms. The van der Waals surface area contributed by atoms with Gasteiger partial charge >= 0.3 is 5.69 Å². The standard InChI is InChI=1S/C31H28N2O4/c1-4-16-36-25-14-15-27-26(19-25)29(23-12-10-22(11-13-23)21(2)3)32-31(34)33(27)30(24-8-6-5-7-9-24)28-20-35-17-18-37-28/h1,5-6,8,10-15,17-21,30H,7,9,16H2,2-3H3. The fourth-order valence-electron chi connectivity index (χ4n) is 4.66. The molecule has 1 aliphatic heterocycles. The van der Waals surface area contributed by atoms with Crippen molar-refractivity contribution in [3.63, 3.8) is 0 Å². The number of fused-ring (bicyclic) bond motifs is 1. The van der Waals surface area contributed by atoms with Gasteiger partial charge in [0.2, 0.25) is 0 Å². The molecule has 6 heteroatoms. The number of hydrogen-bond acceptors (Lipinski definition) is 5. The molecule has 186 valence electrons. The highest BCUT2D eigenvalue weighted by Gasteiger charge is 2.28. The quantitative estimate of drug-likeness (QED) is 0.358. The van der Waals surface area contributed by atoms with Crippen LogP contribution in [0.5, 0.6) is 5.75 Å². The fraction of sp³-hybridized carbons (Fsp3) is 0.226. The maximum atomic E-state index is 13.8. The largest absolute Gasteiger partial charge is 0.481 e. The van der Waals surface area contributed by atoms with E-state index in [1.807, 2.05) is 42.5 Å². The van der Waals surface area contributed by atoms with Gasteiger partial charge in [0.05, 0.1) is 11.2 Å². The van der Waals surface area contributed by atoms with Crippen molar-refractivity contribution in [1.82, 2.24) is 9.55 Å². The summed E-state index contributed by atoms with van der Waals surface area (Å²) in [4.78, 5) is 18.4. The Bertz CT molecular complexity index is 1530. The Hall–Kier alpha value is -4.50. The van der Waals surface area contributed by atoms with E-state index in [2.05, 4.69) is 43.0 Å². The molecule has 1 atom stereocenters. The minimum absolute atomic E-state index is 0.142.